The molecule has 0 bridgehead atoms. The molecule has 2 nitrogen and oxygen atoms in total. The summed E-state index contributed by atoms with van der Waals surface area (Å²) in [6, 6.07) is 5.60. The molecule has 90 valence electrons. The van der Waals surface area contributed by atoms with E-state index in [2.05, 4.69) is 31.0 Å². The molecular formula is C13H21FN2. The molecule has 0 amide bonds. The molecule has 0 saturated carbocycles. The molecule has 0 aliphatic rings. The second kappa shape index (κ2) is 5.85. The zero-order chi connectivity index (χ0) is 12.1. The molecule has 1 N–H and O–H groups in total. The van der Waals surface area contributed by atoms with Gasteiger partial charge in [-0.25, -0.2) is 4.39 Å². The van der Waals surface area contributed by atoms with Gasteiger partial charge in [-0.2, -0.15) is 0 Å². The van der Waals surface area contributed by atoms with Crippen LogP contribution < -0.4 is 10.2 Å². The molecule has 0 fully saturated rings. The van der Waals surface area contributed by atoms with Gasteiger partial charge in [0, 0.05) is 37.4 Å². The molecule has 0 aliphatic heterocycles. The van der Waals surface area contributed by atoms with Crippen LogP contribution in [0.25, 0.3) is 0 Å². The van der Waals surface area contributed by atoms with Crippen LogP contribution in [0.15, 0.2) is 18.2 Å². The molecule has 1 aromatic rings. The van der Waals surface area contributed by atoms with Crippen molar-refractivity contribution in [3.63, 3.8) is 0 Å². The molecule has 0 atom stereocenters. The quantitative estimate of drug-likeness (QED) is 0.827. The highest BCUT2D eigenvalue weighted by Crippen LogP contribution is 2.22. The molecule has 0 unspecified atom stereocenters. The van der Waals surface area contributed by atoms with Crippen LogP contribution in [-0.2, 0) is 6.54 Å². The Hall–Kier alpha value is -1.09. The number of benzene rings is 1. The van der Waals surface area contributed by atoms with Crippen molar-refractivity contribution in [1.82, 2.24) is 5.32 Å². The van der Waals surface area contributed by atoms with Crippen LogP contribution in [0.4, 0.5) is 10.1 Å². The predicted octanol–water partition coefficient (Wildman–Crippen LogP) is 2.78. The van der Waals surface area contributed by atoms with Crippen molar-refractivity contribution >= 4 is 5.69 Å². The van der Waals surface area contributed by atoms with Crippen LogP contribution in [0.2, 0.25) is 0 Å². The van der Waals surface area contributed by atoms with Gasteiger partial charge < -0.3 is 10.2 Å². The minimum absolute atomic E-state index is 0.133. The van der Waals surface area contributed by atoms with Crippen LogP contribution >= 0.6 is 0 Å². The Balaban J connectivity index is 2.94. The zero-order valence-electron chi connectivity index (χ0n) is 10.5. The maximum absolute atomic E-state index is 13.7. The molecular weight excluding hydrogens is 203 g/mol. The second-order valence-corrected chi connectivity index (χ2v) is 4.29. The van der Waals surface area contributed by atoms with E-state index in [4.69, 9.17) is 0 Å². The summed E-state index contributed by atoms with van der Waals surface area (Å²) in [4.78, 5) is 2.06. The molecule has 0 heterocycles. The lowest BCUT2D eigenvalue weighted by Crippen LogP contribution is -2.25. The third kappa shape index (κ3) is 3.20. The van der Waals surface area contributed by atoms with Gasteiger partial charge in [-0.1, -0.05) is 19.9 Å². The van der Waals surface area contributed by atoms with E-state index in [1.807, 2.05) is 13.1 Å². The van der Waals surface area contributed by atoms with Crippen molar-refractivity contribution < 1.29 is 4.39 Å². The fourth-order valence-corrected chi connectivity index (χ4v) is 1.56. The number of anilines is 1. The van der Waals surface area contributed by atoms with Crippen LogP contribution in [0.5, 0.6) is 0 Å². The molecule has 3 heteroatoms. The van der Waals surface area contributed by atoms with Gasteiger partial charge in [0.05, 0.1) is 0 Å². The Kier molecular flexibility index (Phi) is 4.74. The summed E-state index contributed by atoms with van der Waals surface area (Å²) in [5.41, 5.74) is 1.72. The maximum atomic E-state index is 13.7. The minimum Gasteiger partial charge on any atom is -0.375 e. The first-order valence-corrected chi connectivity index (χ1v) is 5.78. The van der Waals surface area contributed by atoms with Crippen molar-refractivity contribution in [3.05, 3.63) is 29.6 Å². The molecule has 0 saturated heterocycles. The molecule has 1 rings (SSSR count). The average molecular weight is 224 g/mol. The average Bonchev–Trinajstić information content (AvgIpc) is 2.25. The number of nitrogens with one attached hydrogen (secondary N) is 1. The topological polar surface area (TPSA) is 15.3 Å². The lowest BCUT2D eigenvalue weighted by molar-refractivity contribution is 0.552. The summed E-state index contributed by atoms with van der Waals surface area (Å²) in [5, 5.41) is 3.26. The summed E-state index contributed by atoms with van der Waals surface area (Å²) in [5.74, 6) is -0.133. The monoisotopic (exact) mass is 224 g/mol. The Morgan fingerprint density at radius 1 is 1.38 bits per heavy atom. The lowest BCUT2D eigenvalue weighted by Gasteiger charge is -2.22. The van der Waals surface area contributed by atoms with Gasteiger partial charge >= 0.3 is 0 Å². The predicted molar refractivity (Wildman–Crippen MR) is 67.3 cm³/mol. The highest BCUT2D eigenvalue weighted by molar-refractivity contribution is 5.53. The van der Waals surface area contributed by atoms with E-state index >= 15 is 0 Å². The fraction of sp³-hybridized carbons (Fsp3) is 0.538. The summed E-state index contributed by atoms with van der Waals surface area (Å²) >= 11 is 0. The number of halogens is 1. The van der Waals surface area contributed by atoms with E-state index in [9.17, 15) is 4.39 Å². The third-order valence-corrected chi connectivity index (χ3v) is 2.67. The summed E-state index contributed by atoms with van der Waals surface area (Å²) in [7, 11) is 1.98. The standard InChI is InChI=1S/C13H21FN2/c1-5-16(4)13-8-6-7-12(14)11(13)9-15-10(2)3/h6-8,10,15H,5,9H2,1-4H3. The number of nitrogens with zero attached hydrogens (tertiary/aromatic N) is 1. The molecule has 16 heavy (non-hydrogen) atoms. The summed E-state index contributed by atoms with van der Waals surface area (Å²) in [6.07, 6.45) is 0. The van der Waals surface area contributed by atoms with Gasteiger partial charge in [0.1, 0.15) is 5.82 Å². The summed E-state index contributed by atoms with van der Waals surface area (Å²) in [6.45, 7) is 7.63. The molecule has 0 spiro atoms. The van der Waals surface area contributed by atoms with Gasteiger partial charge in [-0.3, -0.25) is 0 Å². The molecule has 0 radical (unpaired) electrons. The maximum Gasteiger partial charge on any atom is 0.129 e. The Bertz CT molecular complexity index is 337. The van der Waals surface area contributed by atoms with Crippen molar-refractivity contribution in [2.75, 3.05) is 18.5 Å². The van der Waals surface area contributed by atoms with Crippen LogP contribution in [-0.4, -0.2) is 19.6 Å². The third-order valence-electron chi connectivity index (χ3n) is 2.67. The number of rotatable bonds is 5. The normalized spacial score (nSPS) is 10.9. The van der Waals surface area contributed by atoms with Crippen molar-refractivity contribution in [3.8, 4) is 0 Å². The molecule has 0 aliphatic carbocycles. The fourth-order valence-electron chi connectivity index (χ4n) is 1.56. The smallest absolute Gasteiger partial charge is 0.129 e. The van der Waals surface area contributed by atoms with E-state index in [1.54, 1.807) is 6.07 Å². The number of hydrogen-bond donors (Lipinski definition) is 1. The van der Waals surface area contributed by atoms with E-state index in [-0.39, 0.29) is 5.82 Å². The van der Waals surface area contributed by atoms with Crippen molar-refractivity contribution in [1.29, 1.82) is 0 Å². The molecule has 1 aromatic carbocycles. The van der Waals surface area contributed by atoms with Gasteiger partial charge in [-0.05, 0) is 19.1 Å². The van der Waals surface area contributed by atoms with Gasteiger partial charge in [-0.15, -0.1) is 0 Å². The summed E-state index contributed by atoms with van der Waals surface area (Å²) < 4.78 is 13.7. The molecule has 0 aromatic heterocycles. The first-order chi connectivity index (χ1) is 7.56. The highest BCUT2D eigenvalue weighted by atomic mass is 19.1. The van der Waals surface area contributed by atoms with E-state index < -0.39 is 0 Å². The Morgan fingerprint density at radius 2 is 2.06 bits per heavy atom. The number of hydrogen-bond acceptors (Lipinski definition) is 2. The minimum atomic E-state index is -0.133. The second-order valence-electron chi connectivity index (χ2n) is 4.29. The first-order valence-electron chi connectivity index (χ1n) is 5.78. The lowest BCUT2D eigenvalue weighted by atomic mass is 10.1. The zero-order valence-corrected chi connectivity index (χ0v) is 10.5. The highest BCUT2D eigenvalue weighted by Gasteiger charge is 2.10. The van der Waals surface area contributed by atoms with Gasteiger partial charge in [0.15, 0.2) is 0 Å². The first kappa shape index (κ1) is 13.0. The van der Waals surface area contributed by atoms with E-state index in [1.165, 1.54) is 6.07 Å². The van der Waals surface area contributed by atoms with Crippen molar-refractivity contribution in [2.24, 2.45) is 0 Å². The van der Waals surface area contributed by atoms with Crippen LogP contribution in [0.3, 0.4) is 0 Å². The van der Waals surface area contributed by atoms with Crippen LogP contribution in [0, 0.1) is 5.82 Å². The largest absolute Gasteiger partial charge is 0.375 e. The van der Waals surface area contributed by atoms with Gasteiger partial charge in [0.2, 0.25) is 0 Å². The Labute approximate surface area is 97.5 Å². The van der Waals surface area contributed by atoms with Crippen LogP contribution in [0.1, 0.15) is 26.3 Å². The van der Waals surface area contributed by atoms with Gasteiger partial charge in [0.25, 0.3) is 0 Å². The Morgan fingerprint density at radius 3 is 2.62 bits per heavy atom. The van der Waals surface area contributed by atoms with Crippen molar-refractivity contribution in [2.45, 2.75) is 33.4 Å². The SMILES string of the molecule is CCN(C)c1cccc(F)c1CNC(C)C. The van der Waals surface area contributed by atoms with E-state index in [0.717, 1.165) is 17.8 Å². The van der Waals surface area contributed by atoms with E-state index in [0.29, 0.717) is 12.6 Å².